The first-order valence-electron chi connectivity index (χ1n) is 5.48. The first-order chi connectivity index (χ1) is 9.40. The minimum Gasteiger partial charge on any atom is -0.329 e. The molecular weight excluding hydrogens is 341 g/mol. The summed E-state index contributed by atoms with van der Waals surface area (Å²) in [5.41, 5.74) is 1.15. The lowest BCUT2D eigenvalue weighted by Gasteiger charge is -2.00. The van der Waals surface area contributed by atoms with Crippen LogP contribution in [0.15, 0.2) is 28.8 Å². The lowest BCUT2D eigenvalue weighted by Crippen LogP contribution is -2.05. The Kier molecular flexibility index (Phi) is 4.22. The Morgan fingerprint density at radius 2 is 1.90 bits per heavy atom. The average Bonchev–Trinajstić information content (AvgIpc) is 2.89. The SMILES string of the molecule is O=C(CBr)Cc1ccc(-c2noc(C(F)(F)F)n2)cc1. The largest absolute Gasteiger partial charge is 0.471 e. The number of aromatic nitrogens is 2. The molecule has 0 spiro atoms. The molecule has 2 rings (SSSR count). The van der Waals surface area contributed by atoms with Gasteiger partial charge >= 0.3 is 12.1 Å². The van der Waals surface area contributed by atoms with E-state index in [9.17, 15) is 18.0 Å². The van der Waals surface area contributed by atoms with Gasteiger partial charge in [-0.05, 0) is 5.56 Å². The van der Waals surface area contributed by atoms with Crippen molar-refractivity contribution >= 4 is 21.7 Å². The molecule has 20 heavy (non-hydrogen) atoms. The van der Waals surface area contributed by atoms with Gasteiger partial charge in [0.1, 0.15) is 5.78 Å². The number of hydrogen-bond acceptors (Lipinski definition) is 4. The number of benzene rings is 1. The van der Waals surface area contributed by atoms with Crippen molar-refractivity contribution in [1.82, 2.24) is 10.1 Å². The molecule has 0 unspecified atom stereocenters. The van der Waals surface area contributed by atoms with Crippen LogP contribution in [0.3, 0.4) is 0 Å². The van der Waals surface area contributed by atoms with E-state index >= 15 is 0 Å². The second-order valence-corrected chi connectivity index (χ2v) is 4.53. The quantitative estimate of drug-likeness (QED) is 0.795. The summed E-state index contributed by atoms with van der Waals surface area (Å²) < 4.78 is 41.1. The summed E-state index contributed by atoms with van der Waals surface area (Å²) in [5.74, 6) is -1.52. The molecule has 0 saturated heterocycles. The van der Waals surface area contributed by atoms with Gasteiger partial charge in [0, 0.05) is 12.0 Å². The van der Waals surface area contributed by atoms with Crippen LogP contribution >= 0.6 is 15.9 Å². The number of hydrogen-bond donors (Lipinski definition) is 0. The number of carbonyl (C=O) groups is 1. The monoisotopic (exact) mass is 348 g/mol. The highest BCUT2D eigenvalue weighted by atomic mass is 79.9. The Hall–Kier alpha value is -1.70. The van der Waals surface area contributed by atoms with Gasteiger partial charge in [-0.15, -0.1) is 0 Å². The number of nitrogens with zero attached hydrogens (tertiary/aromatic N) is 2. The topological polar surface area (TPSA) is 56.0 Å². The van der Waals surface area contributed by atoms with Crippen LogP contribution in [-0.4, -0.2) is 21.3 Å². The summed E-state index contributed by atoms with van der Waals surface area (Å²) >= 11 is 3.06. The summed E-state index contributed by atoms with van der Waals surface area (Å²) in [6, 6.07) is 6.36. The molecule has 2 aromatic rings. The Labute approximate surface area is 120 Å². The first-order valence-corrected chi connectivity index (χ1v) is 6.60. The number of carbonyl (C=O) groups excluding carboxylic acids is 1. The van der Waals surface area contributed by atoms with Crippen molar-refractivity contribution in [2.45, 2.75) is 12.6 Å². The molecule has 106 valence electrons. The van der Waals surface area contributed by atoms with Gasteiger partial charge in [0.25, 0.3) is 0 Å². The maximum Gasteiger partial charge on any atom is 0.471 e. The molecule has 0 amide bonds. The Morgan fingerprint density at radius 1 is 1.25 bits per heavy atom. The van der Waals surface area contributed by atoms with Gasteiger partial charge in [0.05, 0.1) is 5.33 Å². The molecule has 0 aliphatic rings. The van der Waals surface area contributed by atoms with Crippen molar-refractivity contribution in [3.8, 4) is 11.4 Å². The van der Waals surface area contributed by atoms with Crippen LogP contribution in [0.2, 0.25) is 0 Å². The average molecular weight is 349 g/mol. The molecule has 0 fully saturated rings. The molecule has 1 aromatic carbocycles. The van der Waals surface area contributed by atoms with Crippen LogP contribution in [-0.2, 0) is 17.4 Å². The van der Waals surface area contributed by atoms with Gasteiger partial charge in [-0.25, -0.2) is 0 Å². The molecule has 0 N–H and O–H groups in total. The number of alkyl halides is 4. The normalized spacial score (nSPS) is 11.6. The molecule has 1 heterocycles. The highest BCUT2D eigenvalue weighted by molar-refractivity contribution is 9.09. The van der Waals surface area contributed by atoms with E-state index in [4.69, 9.17) is 0 Å². The highest BCUT2D eigenvalue weighted by Gasteiger charge is 2.38. The summed E-state index contributed by atoms with van der Waals surface area (Å²) in [6.07, 6.45) is -4.40. The zero-order valence-electron chi connectivity index (χ0n) is 9.95. The maximum atomic E-state index is 12.3. The van der Waals surface area contributed by atoms with Crippen LogP contribution in [0.25, 0.3) is 11.4 Å². The fourth-order valence-corrected chi connectivity index (χ4v) is 1.70. The van der Waals surface area contributed by atoms with E-state index in [-0.39, 0.29) is 23.4 Å². The zero-order valence-corrected chi connectivity index (χ0v) is 11.5. The van der Waals surface area contributed by atoms with Crippen molar-refractivity contribution in [3.63, 3.8) is 0 Å². The van der Waals surface area contributed by atoms with Gasteiger partial charge in [0.15, 0.2) is 0 Å². The second kappa shape index (κ2) is 5.74. The molecule has 0 bridgehead atoms. The van der Waals surface area contributed by atoms with Gasteiger partial charge in [0.2, 0.25) is 5.82 Å². The second-order valence-electron chi connectivity index (χ2n) is 3.97. The van der Waals surface area contributed by atoms with Gasteiger partial charge < -0.3 is 4.52 Å². The van der Waals surface area contributed by atoms with E-state index in [2.05, 4.69) is 30.6 Å². The summed E-state index contributed by atoms with van der Waals surface area (Å²) in [5, 5.41) is 3.54. The van der Waals surface area contributed by atoms with Crippen molar-refractivity contribution in [2.75, 3.05) is 5.33 Å². The van der Waals surface area contributed by atoms with Gasteiger partial charge in [-0.1, -0.05) is 45.4 Å². The standard InChI is InChI=1S/C12H8BrF3N2O2/c13-6-9(19)5-7-1-3-8(4-2-7)10-17-11(20-18-10)12(14,15)16/h1-4H,5-6H2. The lowest BCUT2D eigenvalue weighted by molar-refractivity contribution is -0.159. The summed E-state index contributed by atoms with van der Waals surface area (Å²) in [6.45, 7) is 0. The van der Waals surface area contributed by atoms with E-state index in [1.807, 2.05) is 0 Å². The fraction of sp³-hybridized carbons (Fsp3) is 0.250. The van der Waals surface area contributed by atoms with Crippen LogP contribution < -0.4 is 0 Å². The predicted molar refractivity (Wildman–Crippen MR) is 67.2 cm³/mol. The molecule has 0 saturated carbocycles. The van der Waals surface area contributed by atoms with E-state index in [0.29, 0.717) is 5.56 Å². The van der Waals surface area contributed by atoms with E-state index in [0.717, 1.165) is 5.56 Å². The number of ketones is 1. The Bertz CT molecular complexity index is 608. The van der Waals surface area contributed by atoms with Crippen molar-refractivity contribution < 1.29 is 22.5 Å². The zero-order chi connectivity index (χ0) is 14.8. The molecule has 0 atom stereocenters. The highest BCUT2D eigenvalue weighted by Crippen LogP contribution is 2.29. The number of Topliss-reactive ketones (excluding diaryl/α,β-unsaturated/α-hetero) is 1. The molecule has 4 nitrogen and oxygen atoms in total. The van der Waals surface area contributed by atoms with E-state index < -0.39 is 12.1 Å². The van der Waals surface area contributed by atoms with Crippen LogP contribution in [0, 0.1) is 0 Å². The molecule has 0 radical (unpaired) electrons. The van der Waals surface area contributed by atoms with E-state index in [1.54, 1.807) is 24.3 Å². The fourth-order valence-electron chi connectivity index (χ4n) is 1.50. The minimum atomic E-state index is -4.66. The van der Waals surface area contributed by atoms with Gasteiger partial charge in [-0.3, -0.25) is 4.79 Å². The number of rotatable bonds is 4. The van der Waals surface area contributed by atoms with Crippen LogP contribution in [0.4, 0.5) is 13.2 Å². The molecule has 0 aliphatic heterocycles. The third-order valence-corrected chi connectivity index (χ3v) is 3.06. The first kappa shape index (κ1) is 14.7. The third kappa shape index (κ3) is 3.44. The van der Waals surface area contributed by atoms with Crippen molar-refractivity contribution in [3.05, 3.63) is 35.7 Å². The smallest absolute Gasteiger partial charge is 0.329 e. The molecule has 0 aliphatic carbocycles. The number of halogens is 4. The predicted octanol–water partition coefficient (Wildman–Crippen LogP) is 3.26. The van der Waals surface area contributed by atoms with Crippen molar-refractivity contribution in [2.24, 2.45) is 0 Å². The Morgan fingerprint density at radius 3 is 2.40 bits per heavy atom. The van der Waals surface area contributed by atoms with Crippen LogP contribution in [0.5, 0.6) is 0 Å². The minimum absolute atomic E-state index is 0.0108. The summed E-state index contributed by atoms with van der Waals surface area (Å²) in [4.78, 5) is 14.5. The van der Waals surface area contributed by atoms with Crippen LogP contribution in [0.1, 0.15) is 11.5 Å². The molecular formula is C12H8BrF3N2O2. The Balaban J connectivity index is 2.18. The van der Waals surface area contributed by atoms with Crippen molar-refractivity contribution in [1.29, 1.82) is 0 Å². The van der Waals surface area contributed by atoms with Gasteiger partial charge in [-0.2, -0.15) is 18.2 Å². The lowest BCUT2D eigenvalue weighted by atomic mass is 10.1. The molecule has 1 aromatic heterocycles. The summed E-state index contributed by atoms with van der Waals surface area (Å²) in [7, 11) is 0. The third-order valence-electron chi connectivity index (χ3n) is 2.43. The van der Waals surface area contributed by atoms with E-state index in [1.165, 1.54) is 0 Å². The molecule has 8 heteroatoms. The maximum absolute atomic E-state index is 12.3.